The van der Waals surface area contributed by atoms with Crippen molar-refractivity contribution in [1.29, 1.82) is 0 Å². The Morgan fingerprint density at radius 3 is 2.56 bits per heavy atom. The van der Waals surface area contributed by atoms with Crippen LogP contribution in [0.15, 0.2) is 47.4 Å². The van der Waals surface area contributed by atoms with Gasteiger partial charge in [0.25, 0.3) is 5.91 Å². The van der Waals surface area contributed by atoms with Crippen LogP contribution in [0.3, 0.4) is 0 Å². The molecular weight excluding hydrogens is 475 g/mol. The molecule has 1 amide bonds. The summed E-state index contributed by atoms with van der Waals surface area (Å²) in [5.74, 6) is 0.254. The first-order chi connectivity index (χ1) is 15.1. The van der Waals surface area contributed by atoms with Crippen molar-refractivity contribution < 1.29 is 23.1 Å². The standard InChI is InChI=1S/C22H26Cl2N2O5S/c1-32(29,30)19-4-2-3-15(11-19)22(28)25-13-16(27)14-26-9-7-17(8-10-26)31-18-5-6-20(23)21(24)12-18/h2-6,11-12,16-17,27H,7-10,13-14H2,1H3,(H,25,28)/t16-/m1/s1. The molecule has 0 aromatic heterocycles. The lowest BCUT2D eigenvalue weighted by Gasteiger charge is -2.33. The molecule has 7 nitrogen and oxygen atoms in total. The molecular formula is C22H26Cl2N2O5S. The number of likely N-dealkylation sites (tertiary alicyclic amines) is 1. The summed E-state index contributed by atoms with van der Waals surface area (Å²) in [6.07, 6.45) is 2.01. The molecule has 3 rings (SSSR count). The topological polar surface area (TPSA) is 95.9 Å². The van der Waals surface area contributed by atoms with E-state index >= 15 is 0 Å². The summed E-state index contributed by atoms with van der Waals surface area (Å²) in [5, 5.41) is 13.9. The maximum Gasteiger partial charge on any atom is 0.251 e. The Morgan fingerprint density at radius 2 is 1.91 bits per heavy atom. The summed E-state index contributed by atoms with van der Waals surface area (Å²) in [5.41, 5.74) is 0.236. The second-order valence-electron chi connectivity index (χ2n) is 7.86. The third-order valence-electron chi connectivity index (χ3n) is 5.22. The summed E-state index contributed by atoms with van der Waals surface area (Å²) in [6.45, 7) is 2.01. The molecule has 10 heteroatoms. The van der Waals surface area contributed by atoms with Crippen molar-refractivity contribution >= 4 is 38.9 Å². The van der Waals surface area contributed by atoms with Gasteiger partial charge in [0, 0.05) is 44.1 Å². The number of amides is 1. The van der Waals surface area contributed by atoms with Gasteiger partial charge in [0.05, 0.1) is 21.0 Å². The van der Waals surface area contributed by atoms with Crippen molar-refractivity contribution in [2.24, 2.45) is 0 Å². The van der Waals surface area contributed by atoms with Crippen molar-refractivity contribution in [3.8, 4) is 5.75 Å². The van der Waals surface area contributed by atoms with Crippen LogP contribution in [0.1, 0.15) is 23.2 Å². The van der Waals surface area contributed by atoms with E-state index in [2.05, 4.69) is 10.2 Å². The molecule has 0 saturated carbocycles. The van der Waals surface area contributed by atoms with E-state index in [1.54, 1.807) is 18.2 Å². The predicted molar refractivity (Wildman–Crippen MR) is 124 cm³/mol. The highest BCUT2D eigenvalue weighted by atomic mass is 35.5. The predicted octanol–water partition coefficient (Wildman–Crippen LogP) is 3.03. The van der Waals surface area contributed by atoms with E-state index in [0.29, 0.717) is 22.3 Å². The number of ether oxygens (including phenoxy) is 1. The van der Waals surface area contributed by atoms with Crippen molar-refractivity contribution in [1.82, 2.24) is 10.2 Å². The summed E-state index contributed by atoms with van der Waals surface area (Å²) in [4.78, 5) is 14.5. The van der Waals surface area contributed by atoms with Crippen LogP contribution >= 0.6 is 23.2 Å². The van der Waals surface area contributed by atoms with Crippen LogP contribution in [0.25, 0.3) is 0 Å². The van der Waals surface area contributed by atoms with Gasteiger partial charge in [0.1, 0.15) is 11.9 Å². The monoisotopic (exact) mass is 500 g/mol. The van der Waals surface area contributed by atoms with E-state index in [9.17, 15) is 18.3 Å². The first-order valence-corrected chi connectivity index (χ1v) is 12.9. The van der Waals surface area contributed by atoms with Crippen molar-refractivity contribution in [2.75, 3.05) is 32.4 Å². The van der Waals surface area contributed by atoms with Crippen LogP contribution < -0.4 is 10.1 Å². The molecule has 32 heavy (non-hydrogen) atoms. The number of β-amino-alcohol motifs (C(OH)–C–C–N with tert-alkyl or cyclic N) is 1. The molecule has 2 aromatic carbocycles. The van der Waals surface area contributed by atoms with Crippen molar-refractivity contribution in [2.45, 2.75) is 29.9 Å². The zero-order valence-electron chi connectivity index (χ0n) is 17.6. The fraction of sp³-hybridized carbons (Fsp3) is 0.409. The number of piperidine rings is 1. The van der Waals surface area contributed by atoms with Gasteiger partial charge in [-0.05, 0) is 43.2 Å². The molecule has 0 radical (unpaired) electrons. The summed E-state index contributed by atoms with van der Waals surface area (Å²) in [7, 11) is -3.40. The number of aliphatic hydroxyl groups is 1. The molecule has 1 aliphatic rings. The minimum Gasteiger partial charge on any atom is -0.490 e. The number of halogens is 2. The molecule has 2 aromatic rings. The first-order valence-electron chi connectivity index (χ1n) is 10.2. The molecule has 0 aliphatic carbocycles. The van der Waals surface area contributed by atoms with Crippen LogP contribution in [0.2, 0.25) is 10.0 Å². The van der Waals surface area contributed by atoms with E-state index in [0.717, 1.165) is 32.2 Å². The van der Waals surface area contributed by atoms with Gasteiger partial charge in [-0.3, -0.25) is 4.79 Å². The molecule has 1 saturated heterocycles. The van der Waals surface area contributed by atoms with E-state index in [-0.39, 0.29) is 23.1 Å². The van der Waals surface area contributed by atoms with Crippen LogP contribution in [0.5, 0.6) is 5.75 Å². The van der Waals surface area contributed by atoms with Gasteiger partial charge in [-0.1, -0.05) is 29.3 Å². The van der Waals surface area contributed by atoms with E-state index < -0.39 is 21.8 Å². The van der Waals surface area contributed by atoms with Crippen LogP contribution in [-0.2, 0) is 9.84 Å². The number of nitrogens with zero attached hydrogens (tertiary/aromatic N) is 1. The SMILES string of the molecule is CS(=O)(=O)c1cccc(C(=O)NC[C@@H](O)CN2CCC(Oc3ccc(Cl)c(Cl)c3)CC2)c1. The average molecular weight is 501 g/mol. The fourth-order valence-corrected chi connectivity index (χ4v) is 4.45. The van der Waals surface area contributed by atoms with Gasteiger partial charge >= 0.3 is 0 Å². The Balaban J connectivity index is 1.42. The number of benzene rings is 2. The van der Waals surface area contributed by atoms with Gasteiger partial charge in [0.2, 0.25) is 0 Å². The lowest BCUT2D eigenvalue weighted by Crippen LogP contribution is -2.45. The molecule has 1 fully saturated rings. The number of sulfone groups is 1. The molecule has 0 bridgehead atoms. The molecule has 0 unspecified atom stereocenters. The average Bonchev–Trinajstić information content (AvgIpc) is 2.75. The van der Waals surface area contributed by atoms with Crippen LogP contribution in [0.4, 0.5) is 0 Å². The molecule has 2 N–H and O–H groups in total. The quantitative estimate of drug-likeness (QED) is 0.578. The Bertz CT molecular complexity index is 1060. The zero-order valence-corrected chi connectivity index (χ0v) is 20.0. The largest absolute Gasteiger partial charge is 0.490 e. The number of hydrogen-bond acceptors (Lipinski definition) is 6. The lowest BCUT2D eigenvalue weighted by atomic mass is 10.1. The van der Waals surface area contributed by atoms with Gasteiger partial charge in [-0.2, -0.15) is 0 Å². The Hall–Kier alpha value is -1.84. The number of hydrogen-bond donors (Lipinski definition) is 2. The summed E-state index contributed by atoms with van der Waals surface area (Å²) in [6, 6.07) is 11.0. The van der Waals surface area contributed by atoms with Crippen molar-refractivity contribution in [3.63, 3.8) is 0 Å². The number of nitrogens with one attached hydrogen (secondary N) is 1. The molecule has 1 atom stereocenters. The van der Waals surface area contributed by atoms with Gasteiger partial charge in [-0.15, -0.1) is 0 Å². The number of carbonyl (C=O) groups is 1. The summed E-state index contributed by atoms with van der Waals surface area (Å²) < 4.78 is 29.3. The zero-order chi connectivity index (χ0) is 23.3. The molecule has 174 valence electrons. The van der Waals surface area contributed by atoms with E-state index in [1.165, 1.54) is 24.3 Å². The third kappa shape index (κ3) is 7.08. The van der Waals surface area contributed by atoms with Crippen LogP contribution in [-0.4, -0.2) is 69.0 Å². The normalized spacial score (nSPS) is 16.5. The minimum absolute atomic E-state index is 0.0578. The van der Waals surface area contributed by atoms with Gasteiger partial charge in [-0.25, -0.2) is 8.42 Å². The molecule has 1 heterocycles. The van der Waals surface area contributed by atoms with E-state index in [1.807, 2.05) is 0 Å². The highest BCUT2D eigenvalue weighted by Gasteiger charge is 2.23. The van der Waals surface area contributed by atoms with Gasteiger partial charge < -0.3 is 20.1 Å². The Morgan fingerprint density at radius 1 is 1.19 bits per heavy atom. The Kier molecular flexibility index (Phi) is 8.41. The molecule has 1 aliphatic heterocycles. The second-order valence-corrected chi connectivity index (χ2v) is 10.7. The second kappa shape index (κ2) is 10.9. The fourth-order valence-electron chi connectivity index (χ4n) is 3.50. The summed E-state index contributed by atoms with van der Waals surface area (Å²) >= 11 is 12.0. The Labute approximate surface area is 198 Å². The lowest BCUT2D eigenvalue weighted by molar-refractivity contribution is 0.0594. The smallest absolute Gasteiger partial charge is 0.251 e. The van der Waals surface area contributed by atoms with Crippen LogP contribution in [0, 0.1) is 0 Å². The number of aliphatic hydroxyl groups excluding tert-OH is 1. The van der Waals surface area contributed by atoms with E-state index in [4.69, 9.17) is 27.9 Å². The number of carbonyl (C=O) groups excluding carboxylic acids is 1. The minimum atomic E-state index is -3.40. The maximum absolute atomic E-state index is 12.3. The first kappa shape index (κ1) is 24.8. The third-order valence-corrected chi connectivity index (χ3v) is 7.07. The maximum atomic E-state index is 12.3. The van der Waals surface area contributed by atoms with Crippen molar-refractivity contribution in [3.05, 3.63) is 58.1 Å². The van der Waals surface area contributed by atoms with Gasteiger partial charge in [0.15, 0.2) is 9.84 Å². The highest BCUT2D eigenvalue weighted by molar-refractivity contribution is 7.90. The highest BCUT2D eigenvalue weighted by Crippen LogP contribution is 2.28. The molecule has 0 spiro atoms. The number of rotatable bonds is 8.